The summed E-state index contributed by atoms with van der Waals surface area (Å²) < 4.78 is 28.8. The Morgan fingerprint density at radius 3 is 2.00 bits per heavy atom. The van der Waals surface area contributed by atoms with Crippen LogP contribution >= 0.6 is 0 Å². The third kappa shape index (κ3) is 2.91. The molecule has 2 aromatic rings. The van der Waals surface area contributed by atoms with Crippen molar-refractivity contribution in [2.24, 2.45) is 0 Å². The van der Waals surface area contributed by atoms with Gasteiger partial charge in [0.25, 0.3) is 0 Å². The van der Waals surface area contributed by atoms with Crippen molar-refractivity contribution < 1.29 is 8.78 Å². The maximum atomic E-state index is 13.4. The number of nitrogens with two attached hydrogens (primary N) is 1. The smallest absolute Gasteiger partial charge is 0.132 e. The fourth-order valence-electron chi connectivity index (χ4n) is 2.45. The molecule has 21 heavy (non-hydrogen) atoms. The van der Waals surface area contributed by atoms with Crippen molar-refractivity contribution in [3.63, 3.8) is 0 Å². The number of nitrogens with zero attached hydrogens (tertiary/aromatic N) is 2. The van der Waals surface area contributed by atoms with Gasteiger partial charge in [-0.3, -0.25) is 0 Å². The van der Waals surface area contributed by atoms with E-state index in [0.717, 1.165) is 11.9 Å². The summed E-state index contributed by atoms with van der Waals surface area (Å²) in [7, 11) is 0. The van der Waals surface area contributed by atoms with Crippen molar-refractivity contribution in [1.82, 2.24) is 9.55 Å². The highest BCUT2D eigenvalue weighted by Crippen LogP contribution is 2.34. The van der Waals surface area contributed by atoms with Crippen molar-refractivity contribution in [2.75, 3.05) is 5.73 Å². The maximum absolute atomic E-state index is 13.4. The van der Waals surface area contributed by atoms with E-state index >= 15 is 0 Å². The quantitative estimate of drug-likeness (QED) is 0.897. The molecule has 0 saturated carbocycles. The van der Waals surface area contributed by atoms with Gasteiger partial charge in [0.05, 0.1) is 0 Å². The second-order valence-corrected chi connectivity index (χ2v) is 6.52. The number of rotatable bonds is 2. The van der Waals surface area contributed by atoms with E-state index < -0.39 is 11.6 Å². The van der Waals surface area contributed by atoms with Crippen LogP contribution in [0.4, 0.5) is 14.6 Å². The molecule has 0 unspecified atom stereocenters. The molecule has 0 fully saturated rings. The lowest BCUT2D eigenvalue weighted by molar-refractivity contribution is 0.382. The molecule has 0 radical (unpaired) electrons. The van der Waals surface area contributed by atoms with E-state index in [-0.39, 0.29) is 11.5 Å². The molecule has 0 aliphatic carbocycles. The number of hydrogen-bond acceptors (Lipinski definition) is 2. The lowest BCUT2D eigenvalue weighted by Gasteiger charge is -2.26. The zero-order valence-electron chi connectivity index (χ0n) is 13.0. The minimum Gasteiger partial charge on any atom is -0.383 e. The molecule has 1 aromatic heterocycles. The third-order valence-corrected chi connectivity index (χ3v) is 3.26. The standard InChI is InChI=1S/C16H21F2N3/c1-9(2)15-20-13(14(19)21(15)16(3,4)5)10-6-11(17)8-12(18)7-10/h6-9H,19H2,1-5H3. The molecule has 1 heterocycles. The summed E-state index contributed by atoms with van der Waals surface area (Å²) in [6.45, 7) is 10.1. The Labute approximate surface area is 123 Å². The lowest BCUT2D eigenvalue weighted by Crippen LogP contribution is -2.26. The SMILES string of the molecule is CC(C)c1nc(-c2cc(F)cc(F)c2)c(N)n1C(C)(C)C. The molecule has 0 saturated heterocycles. The minimum absolute atomic E-state index is 0.152. The van der Waals surface area contributed by atoms with Crippen molar-refractivity contribution in [3.8, 4) is 11.3 Å². The van der Waals surface area contributed by atoms with Crippen LogP contribution in [0.2, 0.25) is 0 Å². The molecule has 2 rings (SSSR count). The van der Waals surface area contributed by atoms with Crippen molar-refractivity contribution in [1.29, 1.82) is 0 Å². The van der Waals surface area contributed by atoms with E-state index in [0.29, 0.717) is 17.1 Å². The summed E-state index contributed by atoms with van der Waals surface area (Å²) in [5, 5.41) is 0. The molecule has 2 N–H and O–H groups in total. The average Bonchev–Trinajstić information content (AvgIpc) is 2.65. The Balaban J connectivity index is 2.71. The van der Waals surface area contributed by atoms with Crippen LogP contribution in [-0.2, 0) is 5.54 Å². The second-order valence-electron chi connectivity index (χ2n) is 6.52. The van der Waals surface area contributed by atoms with Crippen LogP contribution in [-0.4, -0.2) is 9.55 Å². The van der Waals surface area contributed by atoms with Gasteiger partial charge in [-0.25, -0.2) is 13.8 Å². The summed E-state index contributed by atoms with van der Waals surface area (Å²) in [6.07, 6.45) is 0. The van der Waals surface area contributed by atoms with Crippen molar-refractivity contribution >= 4 is 5.82 Å². The van der Waals surface area contributed by atoms with Gasteiger partial charge in [-0.15, -0.1) is 0 Å². The fraction of sp³-hybridized carbons (Fsp3) is 0.438. The van der Waals surface area contributed by atoms with Gasteiger partial charge >= 0.3 is 0 Å². The summed E-state index contributed by atoms with van der Waals surface area (Å²) in [4.78, 5) is 4.53. The monoisotopic (exact) mass is 293 g/mol. The zero-order chi connectivity index (χ0) is 15.9. The third-order valence-electron chi connectivity index (χ3n) is 3.26. The molecule has 0 aliphatic heterocycles. The Hall–Kier alpha value is -1.91. The molecule has 1 aromatic carbocycles. The first-order valence-corrected chi connectivity index (χ1v) is 6.96. The summed E-state index contributed by atoms with van der Waals surface area (Å²) in [6, 6.07) is 3.33. The topological polar surface area (TPSA) is 43.8 Å². The van der Waals surface area contributed by atoms with Crippen molar-refractivity contribution in [2.45, 2.75) is 46.1 Å². The predicted octanol–water partition coefficient (Wildman–Crippen LogP) is 4.29. The van der Waals surface area contributed by atoms with Crippen LogP contribution in [0.25, 0.3) is 11.3 Å². The number of benzene rings is 1. The average molecular weight is 293 g/mol. The van der Waals surface area contributed by atoms with E-state index in [1.165, 1.54) is 12.1 Å². The number of imidazole rings is 1. The normalized spacial score (nSPS) is 12.2. The second kappa shape index (κ2) is 5.13. The van der Waals surface area contributed by atoms with Crippen LogP contribution in [0, 0.1) is 11.6 Å². The van der Waals surface area contributed by atoms with Gasteiger partial charge in [0.15, 0.2) is 0 Å². The molecule has 0 bridgehead atoms. The predicted molar refractivity (Wildman–Crippen MR) is 81.1 cm³/mol. The first-order chi connectivity index (χ1) is 9.61. The molecule has 114 valence electrons. The highest BCUT2D eigenvalue weighted by atomic mass is 19.1. The Morgan fingerprint density at radius 1 is 1.10 bits per heavy atom. The zero-order valence-corrected chi connectivity index (χ0v) is 13.0. The number of anilines is 1. The van der Waals surface area contributed by atoms with Crippen LogP contribution in [0.15, 0.2) is 18.2 Å². The lowest BCUT2D eigenvalue weighted by atomic mass is 10.1. The molecule has 0 atom stereocenters. The van der Waals surface area contributed by atoms with Crippen LogP contribution in [0.3, 0.4) is 0 Å². The van der Waals surface area contributed by atoms with Crippen LogP contribution in [0.5, 0.6) is 0 Å². The Bertz CT molecular complexity index is 647. The van der Waals surface area contributed by atoms with E-state index in [2.05, 4.69) is 4.98 Å². The highest BCUT2D eigenvalue weighted by molar-refractivity contribution is 5.71. The first-order valence-electron chi connectivity index (χ1n) is 6.96. The maximum Gasteiger partial charge on any atom is 0.132 e. The van der Waals surface area contributed by atoms with E-state index in [1.54, 1.807) is 0 Å². The van der Waals surface area contributed by atoms with E-state index in [9.17, 15) is 8.78 Å². The van der Waals surface area contributed by atoms with Crippen LogP contribution < -0.4 is 5.73 Å². The molecule has 0 amide bonds. The Morgan fingerprint density at radius 2 is 1.62 bits per heavy atom. The molecular weight excluding hydrogens is 272 g/mol. The van der Waals surface area contributed by atoms with Crippen molar-refractivity contribution in [3.05, 3.63) is 35.7 Å². The van der Waals surface area contributed by atoms with Gasteiger partial charge < -0.3 is 10.3 Å². The summed E-state index contributed by atoms with van der Waals surface area (Å²) in [5.74, 6) is 0.108. The number of aromatic nitrogens is 2. The van der Waals surface area contributed by atoms with Gasteiger partial charge in [-0.1, -0.05) is 13.8 Å². The molecule has 3 nitrogen and oxygen atoms in total. The van der Waals surface area contributed by atoms with Gasteiger partial charge in [0.2, 0.25) is 0 Å². The fourth-order valence-corrected chi connectivity index (χ4v) is 2.45. The van der Waals surface area contributed by atoms with Gasteiger partial charge in [0, 0.05) is 23.1 Å². The molecule has 5 heteroatoms. The van der Waals surface area contributed by atoms with Crippen LogP contribution in [0.1, 0.15) is 46.4 Å². The molecular formula is C16H21F2N3. The first kappa shape index (κ1) is 15.5. The number of halogens is 2. The molecule has 0 spiro atoms. The van der Waals surface area contributed by atoms with Gasteiger partial charge in [-0.2, -0.15) is 0 Å². The molecule has 0 aliphatic rings. The number of hydrogen-bond donors (Lipinski definition) is 1. The highest BCUT2D eigenvalue weighted by Gasteiger charge is 2.26. The van der Waals surface area contributed by atoms with Gasteiger partial charge in [-0.05, 0) is 32.9 Å². The Kier molecular flexibility index (Phi) is 3.78. The van der Waals surface area contributed by atoms with E-state index in [4.69, 9.17) is 5.73 Å². The summed E-state index contributed by atoms with van der Waals surface area (Å²) >= 11 is 0. The minimum atomic E-state index is -0.638. The largest absolute Gasteiger partial charge is 0.383 e. The number of nitrogen functional groups attached to an aromatic ring is 1. The van der Waals surface area contributed by atoms with Gasteiger partial charge in [0.1, 0.15) is 29.0 Å². The summed E-state index contributed by atoms with van der Waals surface area (Å²) in [5.41, 5.74) is 6.73. The van der Waals surface area contributed by atoms with E-state index in [1.807, 2.05) is 39.2 Å².